The standard InChI is InChI=1S/C4H10F2N2.2ClH/c5-4(6)3-8-2-1-7;;/h4,8H,1-3,7H2;2*1H. The van der Waals surface area contributed by atoms with E-state index in [1.165, 1.54) is 0 Å². The first-order valence-electron chi connectivity index (χ1n) is 2.46. The van der Waals surface area contributed by atoms with Gasteiger partial charge in [-0.05, 0) is 0 Å². The molecule has 0 aliphatic rings. The highest BCUT2D eigenvalue weighted by molar-refractivity contribution is 5.85. The predicted molar refractivity (Wildman–Crippen MR) is 42.4 cm³/mol. The molecule has 2 nitrogen and oxygen atoms in total. The molecule has 0 aliphatic carbocycles. The van der Waals surface area contributed by atoms with E-state index in [2.05, 4.69) is 5.32 Å². The molecule has 0 spiro atoms. The first kappa shape index (κ1) is 16.8. The second kappa shape index (κ2) is 12.1. The minimum atomic E-state index is -2.26. The zero-order chi connectivity index (χ0) is 6.41. The van der Waals surface area contributed by atoms with Crippen LogP contribution in [0.3, 0.4) is 0 Å². The monoisotopic (exact) mass is 196 g/mol. The van der Waals surface area contributed by atoms with Crippen LogP contribution >= 0.6 is 24.8 Å². The van der Waals surface area contributed by atoms with E-state index in [0.717, 1.165) is 0 Å². The molecule has 0 atom stereocenters. The molecule has 0 unspecified atom stereocenters. The summed E-state index contributed by atoms with van der Waals surface area (Å²) in [5.74, 6) is 0. The van der Waals surface area contributed by atoms with Crippen LogP contribution in [-0.2, 0) is 0 Å². The summed E-state index contributed by atoms with van der Waals surface area (Å²) in [7, 11) is 0. The Morgan fingerprint density at radius 3 is 2.10 bits per heavy atom. The fourth-order valence-electron chi connectivity index (χ4n) is 0.313. The lowest BCUT2D eigenvalue weighted by molar-refractivity contribution is 0.146. The minimum Gasteiger partial charge on any atom is -0.329 e. The molecule has 10 heavy (non-hydrogen) atoms. The highest BCUT2D eigenvalue weighted by Crippen LogP contribution is 1.85. The summed E-state index contributed by atoms with van der Waals surface area (Å²) >= 11 is 0. The largest absolute Gasteiger partial charge is 0.329 e. The Morgan fingerprint density at radius 1 is 1.30 bits per heavy atom. The third-order valence-electron chi connectivity index (χ3n) is 0.620. The molecule has 6 heteroatoms. The Kier molecular flexibility index (Phi) is 20.2. The Labute approximate surface area is 71.4 Å². The van der Waals surface area contributed by atoms with Crippen molar-refractivity contribution in [3.05, 3.63) is 0 Å². The van der Waals surface area contributed by atoms with E-state index < -0.39 is 6.43 Å². The van der Waals surface area contributed by atoms with Crippen molar-refractivity contribution in [1.29, 1.82) is 0 Å². The van der Waals surface area contributed by atoms with Gasteiger partial charge in [-0.25, -0.2) is 8.78 Å². The lowest BCUT2D eigenvalue weighted by atomic mass is 10.6. The summed E-state index contributed by atoms with van der Waals surface area (Å²) in [6, 6.07) is 0. The van der Waals surface area contributed by atoms with E-state index in [-0.39, 0.29) is 31.4 Å². The van der Waals surface area contributed by atoms with Crippen molar-refractivity contribution in [1.82, 2.24) is 5.32 Å². The normalized spacial score (nSPS) is 8.40. The molecule has 0 saturated heterocycles. The summed E-state index contributed by atoms with van der Waals surface area (Å²) < 4.78 is 22.5. The average Bonchev–Trinajstić information content (AvgIpc) is 1.66. The average molecular weight is 197 g/mol. The van der Waals surface area contributed by atoms with Gasteiger partial charge in [-0.15, -0.1) is 24.8 Å². The lowest BCUT2D eigenvalue weighted by Gasteiger charge is -1.98. The molecule has 0 bridgehead atoms. The number of nitrogens with two attached hydrogens (primary N) is 1. The number of rotatable bonds is 4. The molecule has 0 heterocycles. The third kappa shape index (κ3) is 15.8. The summed E-state index contributed by atoms with van der Waals surface area (Å²) in [6.45, 7) is 0.619. The maximum Gasteiger partial charge on any atom is 0.250 e. The summed E-state index contributed by atoms with van der Waals surface area (Å²) in [5.41, 5.74) is 5.01. The van der Waals surface area contributed by atoms with Crippen LogP contribution < -0.4 is 11.1 Å². The summed E-state index contributed by atoms with van der Waals surface area (Å²) in [5, 5.41) is 2.46. The van der Waals surface area contributed by atoms with E-state index in [9.17, 15) is 8.78 Å². The fourth-order valence-corrected chi connectivity index (χ4v) is 0.313. The fraction of sp³-hybridized carbons (Fsp3) is 1.00. The lowest BCUT2D eigenvalue weighted by Crippen LogP contribution is -2.26. The van der Waals surface area contributed by atoms with Crippen molar-refractivity contribution in [3.8, 4) is 0 Å². The Hall–Kier alpha value is 0.360. The molecule has 0 aliphatic heterocycles. The predicted octanol–water partition coefficient (Wildman–Crippen LogP) is 0.643. The van der Waals surface area contributed by atoms with Gasteiger partial charge in [0.05, 0.1) is 6.54 Å². The van der Waals surface area contributed by atoms with E-state index in [1.807, 2.05) is 0 Å². The summed E-state index contributed by atoms with van der Waals surface area (Å²) in [6.07, 6.45) is -2.26. The van der Waals surface area contributed by atoms with Crippen LogP contribution in [0.2, 0.25) is 0 Å². The van der Waals surface area contributed by atoms with Crippen LogP contribution in [0.4, 0.5) is 8.78 Å². The molecule has 0 saturated carbocycles. The van der Waals surface area contributed by atoms with Gasteiger partial charge in [0.15, 0.2) is 0 Å². The molecule has 0 fully saturated rings. The Balaban J connectivity index is -0.000000245. The smallest absolute Gasteiger partial charge is 0.250 e. The maximum atomic E-state index is 11.3. The number of alkyl halides is 2. The molecule has 0 rings (SSSR count). The van der Waals surface area contributed by atoms with E-state index >= 15 is 0 Å². The van der Waals surface area contributed by atoms with E-state index in [4.69, 9.17) is 5.73 Å². The second-order valence-corrected chi connectivity index (χ2v) is 1.38. The van der Waals surface area contributed by atoms with Crippen LogP contribution in [0.15, 0.2) is 0 Å². The molecular weight excluding hydrogens is 185 g/mol. The van der Waals surface area contributed by atoms with Gasteiger partial charge in [-0.1, -0.05) is 0 Å². The van der Waals surface area contributed by atoms with Crippen LogP contribution in [0.5, 0.6) is 0 Å². The first-order chi connectivity index (χ1) is 3.77. The van der Waals surface area contributed by atoms with Gasteiger partial charge in [0, 0.05) is 13.1 Å². The number of hydrogen-bond donors (Lipinski definition) is 2. The van der Waals surface area contributed by atoms with Crippen LogP contribution in [-0.4, -0.2) is 26.1 Å². The topological polar surface area (TPSA) is 38.0 Å². The quantitative estimate of drug-likeness (QED) is 0.649. The summed E-state index contributed by atoms with van der Waals surface area (Å²) in [4.78, 5) is 0. The van der Waals surface area contributed by atoms with Gasteiger partial charge in [0.1, 0.15) is 0 Å². The molecule has 66 valence electrons. The number of halogens is 4. The van der Waals surface area contributed by atoms with Crippen molar-refractivity contribution in [2.24, 2.45) is 5.73 Å². The van der Waals surface area contributed by atoms with Crippen molar-refractivity contribution in [2.75, 3.05) is 19.6 Å². The Morgan fingerprint density at radius 2 is 1.80 bits per heavy atom. The van der Waals surface area contributed by atoms with Gasteiger partial charge in [-0.2, -0.15) is 0 Å². The second-order valence-electron chi connectivity index (χ2n) is 1.38. The number of hydrogen-bond acceptors (Lipinski definition) is 2. The van der Waals surface area contributed by atoms with Gasteiger partial charge in [0.25, 0.3) is 6.43 Å². The molecule has 0 amide bonds. The van der Waals surface area contributed by atoms with Crippen molar-refractivity contribution >= 4 is 24.8 Å². The van der Waals surface area contributed by atoms with Crippen molar-refractivity contribution in [2.45, 2.75) is 6.43 Å². The third-order valence-corrected chi connectivity index (χ3v) is 0.620. The first-order valence-corrected chi connectivity index (χ1v) is 2.46. The van der Waals surface area contributed by atoms with Crippen LogP contribution in [0.25, 0.3) is 0 Å². The van der Waals surface area contributed by atoms with Gasteiger partial charge in [-0.3, -0.25) is 0 Å². The maximum absolute atomic E-state index is 11.3. The SMILES string of the molecule is Cl.Cl.NCCNCC(F)F. The highest BCUT2D eigenvalue weighted by atomic mass is 35.5. The molecular formula is C4H12Cl2F2N2. The minimum absolute atomic E-state index is 0. The van der Waals surface area contributed by atoms with E-state index in [0.29, 0.717) is 13.1 Å². The van der Waals surface area contributed by atoms with Crippen LogP contribution in [0.1, 0.15) is 0 Å². The van der Waals surface area contributed by atoms with Crippen LogP contribution in [0, 0.1) is 0 Å². The van der Waals surface area contributed by atoms with Crippen molar-refractivity contribution < 1.29 is 8.78 Å². The molecule has 0 aromatic rings. The van der Waals surface area contributed by atoms with E-state index in [1.54, 1.807) is 0 Å². The zero-order valence-electron chi connectivity index (χ0n) is 5.35. The molecule has 0 radical (unpaired) electrons. The number of nitrogens with one attached hydrogen (secondary N) is 1. The zero-order valence-corrected chi connectivity index (χ0v) is 6.98. The molecule has 3 N–H and O–H groups in total. The van der Waals surface area contributed by atoms with Gasteiger partial charge < -0.3 is 11.1 Å². The molecule has 0 aromatic carbocycles. The highest BCUT2D eigenvalue weighted by Gasteiger charge is 1.97. The van der Waals surface area contributed by atoms with Gasteiger partial charge in [0.2, 0.25) is 0 Å². The van der Waals surface area contributed by atoms with Gasteiger partial charge >= 0.3 is 0 Å². The van der Waals surface area contributed by atoms with Crippen molar-refractivity contribution in [3.63, 3.8) is 0 Å². The molecule has 0 aromatic heterocycles. The Bertz CT molecular complexity index is 56.5.